The molecule has 0 saturated carbocycles. The molecule has 0 amide bonds. The highest BCUT2D eigenvalue weighted by atomic mass is 16.5. The Bertz CT molecular complexity index is 467. The highest BCUT2D eigenvalue weighted by Gasteiger charge is 2.30. The van der Waals surface area contributed by atoms with Gasteiger partial charge in [-0.05, 0) is 31.0 Å². The number of hydrogen-bond donors (Lipinski definition) is 1. The standard InChI is InChI=1S/C16H23NO3/c1-3-16(2)11-20-15(10-17-16)12-5-6-13-14(9-12)19-8-4-7-18-13/h5-6,9,15,17H,3-4,7-8,10-11H2,1-2H3. The van der Waals surface area contributed by atoms with Gasteiger partial charge in [0.25, 0.3) is 0 Å². The van der Waals surface area contributed by atoms with Crippen LogP contribution in [0, 0.1) is 0 Å². The molecule has 4 heteroatoms. The molecule has 0 spiro atoms. The first-order valence-corrected chi connectivity index (χ1v) is 7.46. The molecule has 1 fully saturated rings. The van der Waals surface area contributed by atoms with E-state index in [1.54, 1.807) is 0 Å². The molecule has 0 aromatic heterocycles. The van der Waals surface area contributed by atoms with E-state index in [0.29, 0.717) is 6.61 Å². The second kappa shape index (κ2) is 5.62. The Morgan fingerprint density at radius 3 is 2.75 bits per heavy atom. The first-order chi connectivity index (χ1) is 9.70. The quantitative estimate of drug-likeness (QED) is 0.902. The third kappa shape index (κ3) is 2.76. The lowest BCUT2D eigenvalue weighted by Gasteiger charge is -2.38. The van der Waals surface area contributed by atoms with Crippen molar-refractivity contribution in [2.75, 3.05) is 26.4 Å². The third-order valence-electron chi connectivity index (χ3n) is 4.24. The van der Waals surface area contributed by atoms with E-state index >= 15 is 0 Å². The fourth-order valence-corrected chi connectivity index (χ4v) is 2.55. The van der Waals surface area contributed by atoms with Crippen LogP contribution in [0.15, 0.2) is 18.2 Å². The summed E-state index contributed by atoms with van der Waals surface area (Å²) in [4.78, 5) is 0. The number of ether oxygens (including phenoxy) is 3. The van der Waals surface area contributed by atoms with E-state index in [4.69, 9.17) is 14.2 Å². The van der Waals surface area contributed by atoms with Gasteiger partial charge >= 0.3 is 0 Å². The van der Waals surface area contributed by atoms with Crippen LogP contribution < -0.4 is 14.8 Å². The molecule has 0 aliphatic carbocycles. The van der Waals surface area contributed by atoms with Crippen LogP contribution in [0.5, 0.6) is 11.5 Å². The Morgan fingerprint density at radius 1 is 1.25 bits per heavy atom. The van der Waals surface area contributed by atoms with Gasteiger partial charge in [-0.15, -0.1) is 0 Å². The molecule has 0 radical (unpaired) electrons. The Morgan fingerprint density at radius 2 is 2.05 bits per heavy atom. The molecule has 1 saturated heterocycles. The Kier molecular flexibility index (Phi) is 3.85. The maximum atomic E-state index is 6.03. The van der Waals surface area contributed by atoms with Gasteiger partial charge in [0.1, 0.15) is 0 Å². The number of hydrogen-bond acceptors (Lipinski definition) is 4. The van der Waals surface area contributed by atoms with Gasteiger partial charge in [-0.2, -0.15) is 0 Å². The van der Waals surface area contributed by atoms with E-state index in [-0.39, 0.29) is 11.6 Å². The second-order valence-corrected chi connectivity index (χ2v) is 5.85. The van der Waals surface area contributed by atoms with E-state index in [2.05, 4.69) is 31.3 Å². The maximum absolute atomic E-state index is 6.03. The van der Waals surface area contributed by atoms with Gasteiger partial charge in [-0.3, -0.25) is 0 Å². The van der Waals surface area contributed by atoms with Gasteiger partial charge in [0.05, 0.1) is 25.9 Å². The molecule has 3 rings (SSSR count). The lowest BCUT2D eigenvalue weighted by molar-refractivity contribution is -0.0300. The molecule has 2 unspecified atom stereocenters. The minimum absolute atomic E-state index is 0.0896. The Labute approximate surface area is 120 Å². The number of morpholine rings is 1. The summed E-state index contributed by atoms with van der Waals surface area (Å²) in [5.41, 5.74) is 1.25. The summed E-state index contributed by atoms with van der Waals surface area (Å²) >= 11 is 0. The molecule has 2 aliphatic rings. The third-order valence-corrected chi connectivity index (χ3v) is 4.24. The van der Waals surface area contributed by atoms with Crippen molar-refractivity contribution in [3.8, 4) is 11.5 Å². The lowest BCUT2D eigenvalue weighted by Crippen LogP contribution is -2.52. The SMILES string of the molecule is CCC1(C)COC(c2ccc3c(c2)OCCCO3)CN1. The van der Waals surface area contributed by atoms with Crippen LogP contribution >= 0.6 is 0 Å². The van der Waals surface area contributed by atoms with Crippen molar-refractivity contribution in [2.24, 2.45) is 0 Å². The average Bonchev–Trinajstić information content (AvgIpc) is 2.72. The van der Waals surface area contributed by atoms with Crippen molar-refractivity contribution in [3.05, 3.63) is 23.8 Å². The van der Waals surface area contributed by atoms with E-state index in [1.807, 2.05) is 6.07 Å². The minimum Gasteiger partial charge on any atom is -0.490 e. The predicted molar refractivity (Wildman–Crippen MR) is 77.4 cm³/mol. The van der Waals surface area contributed by atoms with Gasteiger partial charge in [-0.25, -0.2) is 0 Å². The molecule has 1 N–H and O–H groups in total. The molecule has 1 aromatic rings. The largest absolute Gasteiger partial charge is 0.490 e. The summed E-state index contributed by atoms with van der Waals surface area (Å²) in [7, 11) is 0. The van der Waals surface area contributed by atoms with Crippen molar-refractivity contribution >= 4 is 0 Å². The van der Waals surface area contributed by atoms with Crippen molar-refractivity contribution in [1.29, 1.82) is 0 Å². The number of rotatable bonds is 2. The van der Waals surface area contributed by atoms with Crippen LogP contribution in [0.2, 0.25) is 0 Å². The maximum Gasteiger partial charge on any atom is 0.161 e. The highest BCUT2D eigenvalue weighted by molar-refractivity contribution is 5.44. The molecular weight excluding hydrogens is 254 g/mol. The summed E-state index contributed by atoms with van der Waals surface area (Å²) in [6.45, 7) is 7.41. The van der Waals surface area contributed by atoms with E-state index in [9.17, 15) is 0 Å². The number of benzene rings is 1. The zero-order chi connectivity index (χ0) is 14.0. The normalized spacial score (nSPS) is 29.8. The molecule has 2 aliphatic heterocycles. The molecular formula is C16H23NO3. The first-order valence-electron chi connectivity index (χ1n) is 7.46. The van der Waals surface area contributed by atoms with Gasteiger partial charge < -0.3 is 19.5 Å². The summed E-state index contributed by atoms with van der Waals surface area (Å²) in [5, 5.41) is 3.59. The fourth-order valence-electron chi connectivity index (χ4n) is 2.55. The van der Waals surface area contributed by atoms with Gasteiger partial charge in [0.2, 0.25) is 0 Å². The zero-order valence-corrected chi connectivity index (χ0v) is 12.3. The molecule has 110 valence electrons. The van der Waals surface area contributed by atoms with E-state index in [1.165, 1.54) is 0 Å². The van der Waals surface area contributed by atoms with E-state index in [0.717, 1.165) is 49.7 Å². The Balaban J connectivity index is 1.74. The van der Waals surface area contributed by atoms with Gasteiger partial charge in [0.15, 0.2) is 11.5 Å². The number of fused-ring (bicyclic) bond motifs is 1. The van der Waals surface area contributed by atoms with Crippen LogP contribution in [0.25, 0.3) is 0 Å². The molecule has 4 nitrogen and oxygen atoms in total. The second-order valence-electron chi connectivity index (χ2n) is 5.85. The van der Waals surface area contributed by atoms with Crippen molar-refractivity contribution in [2.45, 2.75) is 38.3 Å². The van der Waals surface area contributed by atoms with Crippen molar-refractivity contribution in [3.63, 3.8) is 0 Å². The molecule has 0 bridgehead atoms. The highest BCUT2D eigenvalue weighted by Crippen LogP contribution is 2.34. The van der Waals surface area contributed by atoms with Crippen LogP contribution in [0.4, 0.5) is 0 Å². The summed E-state index contributed by atoms with van der Waals surface area (Å²) < 4.78 is 17.4. The lowest BCUT2D eigenvalue weighted by atomic mass is 9.96. The van der Waals surface area contributed by atoms with Crippen LogP contribution in [-0.4, -0.2) is 31.9 Å². The van der Waals surface area contributed by atoms with Crippen molar-refractivity contribution in [1.82, 2.24) is 5.32 Å². The van der Waals surface area contributed by atoms with E-state index < -0.39 is 0 Å². The molecule has 1 aromatic carbocycles. The minimum atomic E-state index is 0.0896. The monoisotopic (exact) mass is 277 g/mol. The molecule has 2 atom stereocenters. The zero-order valence-electron chi connectivity index (χ0n) is 12.3. The average molecular weight is 277 g/mol. The van der Waals surface area contributed by atoms with Crippen LogP contribution in [0.3, 0.4) is 0 Å². The fraction of sp³-hybridized carbons (Fsp3) is 0.625. The summed E-state index contributed by atoms with van der Waals surface area (Å²) in [6.07, 6.45) is 2.09. The topological polar surface area (TPSA) is 39.7 Å². The smallest absolute Gasteiger partial charge is 0.161 e. The van der Waals surface area contributed by atoms with Crippen molar-refractivity contribution < 1.29 is 14.2 Å². The summed E-state index contributed by atoms with van der Waals surface area (Å²) in [5.74, 6) is 1.68. The first kappa shape index (κ1) is 13.7. The van der Waals surface area contributed by atoms with Gasteiger partial charge in [0, 0.05) is 18.5 Å². The Hall–Kier alpha value is -1.26. The molecule has 20 heavy (non-hydrogen) atoms. The number of nitrogens with one attached hydrogen (secondary N) is 1. The van der Waals surface area contributed by atoms with Gasteiger partial charge in [-0.1, -0.05) is 13.0 Å². The predicted octanol–water partition coefficient (Wildman–Crippen LogP) is 2.68. The van der Waals surface area contributed by atoms with Crippen LogP contribution in [-0.2, 0) is 4.74 Å². The molecule has 2 heterocycles. The summed E-state index contributed by atoms with van der Waals surface area (Å²) in [6, 6.07) is 6.13. The van der Waals surface area contributed by atoms with Crippen LogP contribution in [0.1, 0.15) is 38.4 Å².